The van der Waals surface area contributed by atoms with Crippen LogP contribution in [0.5, 0.6) is 0 Å². The maximum absolute atomic E-state index is 10.2. The fraction of sp³-hybridized carbons (Fsp3) is 0.222. The molecule has 0 radical (unpaired) electrons. The number of hydrogen-bond acceptors (Lipinski definition) is 2. The summed E-state index contributed by atoms with van der Waals surface area (Å²) in [6.07, 6.45) is 0.676. The first-order valence-corrected chi connectivity index (χ1v) is 3.77. The zero-order valence-electron chi connectivity index (χ0n) is 7.22. The summed E-state index contributed by atoms with van der Waals surface area (Å²) >= 11 is 0. The fourth-order valence-electron chi connectivity index (χ4n) is 1.18. The van der Waals surface area contributed by atoms with Crippen LogP contribution in [0.15, 0.2) is 18.2 Å². The third-order valence-corrected chi connectivity index (χ3v) is 1.74. The molecule has 3 nitrogen and oxygen atoms in total. The number of amides is 1. The molecule has 0 saturated heterocycles. The van der Waals surface area contributed by atoms with E-state index in [9.17, 15) is 4.79 Å². The Hall–Kier alpha value is -1.51. The molecule has 1 aromatic carbocycles. The number of carbonyl (C=O) groups excluding carboxylic acids is 1. The first-order valence-electron chi connectivity index (χ1n) is 3.77. The molecule has 1 amide bonds. The summed E-state index contributed by atoms with van der Waals surface area (Å²) in [6, 6.07) is 5.75. The number of aryl methyl sites for hydroxylation is 1. The van der Waals surface area contributed by atoms with Crippen molar-refractivity contribution >= 4 is 17.8 Å². The Morgan fingerprint density at radius 1 is 1.42 bits per heavy atom. The highest BCUT2D eigenvalue weighted by atomic mass is 16.1. The molecule has 1 aromatic rings. The molecule has 0 bridgehead atoms. The van der Waals surface area contributed by atoms with Gasteiger partial charge in [0.1, 0.15) is 0 Å². The number of benzene rings is 1. The molecule has 64 valence electrons. The van der Waals surface area contributed by atoms with Gasteiger partial charge in [0.15, 0.2) is 0 Å². The molecule has 0 aliphatic heterocycles. The number of hydrogen-bond donors (Lipinski definition) is 2. The van der Waals surface area contributed by atoms with E-state index in [-0.39, 0.29) is 0 Å². The van der Waals surface area contributed by atoms with Gasteiger partial charge in [0.05, 0.1) is 11.4 Å². The molecule has 0 atom stereocenters. The second-order valence-electron chi connectivity index (χ2n) is 2.51. The van der Waals surface area contributed by atoms with Gasteiger partial charge in [0.25, 0.3) is 0 Å². The van der Waals surface area contributed by atoms with Crippen molar-refractivity contribution in [3.05, 3.63) is 23.8 Å². The van der Waals surface area contributed by atoms with Gasteiger partial charge < -0.3 is 10.6 Å². The molecule has 3 heteroatoms. The van der Waals surface area contributed by atoms with Crippen molar-refractivity contribution < 1.29 is 4.79 Å². The van der Waals surface area contributed by atoms with Crippen LogP contribution in [0.4, 0.5) is 11.4 Å². The van der Waals surface area contributed by atoms with Gasteiger partial charge in [0.2, 0.25) is 6.41 Å². The fourth-order valence-corrected chi connectivity index (χ4v) is 1.18. The van der Waals surface area contributed by atoms with Gasteiger partial charge >= 0.3 is 0 Å². The standard InChI is InChI=1S/C9H12N2O/c1-7-4-3-5-8(11-6-12)9(7)10-2/h3-6,10H,1-2H3,(H,11,12). The minimum atomic E-state index is 0.676. The Labute approximate surface area is 71.8 Å². The Bertz CT molecular complexity index is 284. The molecule has 0 fully saturated rings. The normalized spacial score (nSPS) is 9.17. The third kappa shape index (κ3) is 1.56. The third-order valence-electron chi connectivity index (χ3n) is 1.74. The second-order valence-corrected chi connectivity index (χ2v) is 2.51. The molecule has 12 heavy (non-hydrogen) atoms. The summed E-state index contributed by atoms with van der Waals surface area (Å²) in [4.78, 5) is 10.2. The summed E-state index contributed by atoms with van der Waals surface area (Å²) in [7, 11) is 1.83. The minimum absolute atomic E-state index is 0.676. The van der Waals surface area contributed by atoms with Crippen LogP contribution in [-0.4, -0.2) is 13.5 Å². The lowest BCUT2D eigenvalue weighted by molar-refractivity contribution is -0.105. The van der Waals surface area contributed by atoms with Crippen LogP contribution in [0.1, 0.15) is 5.56 Å². The van der Waals surface area contributed by atoms with Crippen LogP contribution in [0, 0.1) is 6.92 Å². The van der Waals surface area contributed by atoms with Crippen molar-refractivity contribution in [2.24, 2.45) is 0 Å². The lowest BCUT2D eigenvalue weighted by atomic mass is 10.1. The van der Waals surface area contributed by atoms with Gasteiger partial charge in [-0.3, -0.25) is 4.79 Å². The van der Waals surface area contributed by atoms with E-state index in [1.54, 1.807) is 0 Å². The predicted molar refractivity (Wildman–Crippen MR) is 50.4 cm³/mol. The quantitative estimate of drug-likeness (QED) is 0.666. The van der Waals surface area contributed by atoms with Gasteiger partial charge in [-0.15, -0.1) is 0 Å². The van der Waals surface area contributed by atoms with E-state index in [0.717, 1.165) is 16.9 Å². The van der Waals surface area contributed by atoms with E-state index in [1.807, 2.05) is 32.2 Å². The Kier molecular flexibility index (Phi) is 2.69. The van der Waals surface area contributed by atoms with Crippen molar-refractivity contribution in [2.45, 2.75) is 6.92 Å². The van der Waals surface area contributed by atoms with Crippen LogP contribution in [0.3, 0.4) is 0 Å². The SMILES string of the molecule is CNc1c(C)cccc1NC=O. The zero-order chi connectivity index (χ0) is 8.97. The van der Waals surface area contributed by atoms with E-state index < -0.39 is 0 Å². The van der Waals surface area contributed by atoms with E-state index in [1.165, 1.54) is 0 Å². The van der Waals surface area contributed by atoms with Crippen LogP contribution in [0.2, 0.25) is 0 Å². The minimum Gasteiger partial charge on any atom is -0.386 e. The van der Waals surface area contributed by atoms with Gasteiger partial charge in [-0.1, -0.05) is 12.1 Å². The van der Waals surface area contributed by atoms with Gasteiger partial charge in [0, 0.05) is 7.05 Å². The largest absolute Gasteiger partial charge is 0.386 e. The molecule has 0 aromatic heterocycles. The smallest absolute Gasteiger partial charge is 0.211 e. The molecule has 0 spiro atoms. The van der Waals surface area contributed by atoms with E-state index >= 15 is 0 Å². The van der Waals surface area contributed by atoms with Gasteiger partial charge in [-0.25, -0.2) is 0 Å². The predicted octanol–water partition coefficient (Wildman–Crippen LogP) is 1.61. The molecule has 0 aliphatic carbocycles. The zero-order valence-corrected chi connectivity index (χ0v) is 7.22. The number of carbonyl (C=O) groups is 1. The Balaban J connectivity index is 3.08. The molecule has 0 saturated carbocycles. The van der Waals surface area contributed by atoms with Gasteiger partial charge in [-0.2, -0.15) is 0 Å². The maximum Gasteiger partial charge on any atom is 0.211 e. The molecular weight excluding hydrogens is 152 g/mol. The summed E-state index contributed by atoms with van der Waals surface area (Å²) in [5.74, 6) is 0. The highest BCUT2D eigenvalue weighted by Crippen LogP contribution is 2.23. The number of para-hydroxylation sites is 1. The first-order chi connectivity index (χ1) is 5.79. The molecule has 1 rings (SSSR count). The van der Waals surface area contributed by atoms with Crippen molar-refractivity contribution in [2.75, 3.05) is 17.7 Å². The Morgan fingerprint density at radius 2 is 2.17 bits per heavy atom. The van der Waals surface area contributed by atoms with E-state index in [2.05, 4.69) is 10.6 Å². The highest BCUT2D eigenvalue weighted by Gasteiger charge is 2.00. The topological polar surface area (TPSA) is 41.1 Å². The van der Waals surface area contributed by atoms with Crippen LogP contribution < -0.4 is 10.6 Å². The van der Waals surface area contributed by atoms with Crippen molar-refractivity contribution in [3.8, 4) is 0 Å². The average Bonchev–Trinajstić information content (AvgIpc) is 2.05. The molecule has 0 heterocycles. The summed E-state index contributed by atoms with van der Waals surface area (Å²) in [6.45, 7) is 1.99. The molecule has 0 unspecified atom stereocenters. The number of nitrogens with one attached hydrogen (secondary N) is 2. The van der Waals surface area contributed by atoms with E-state index in [4.69, 9.17) is 0 Å². The lowest BCUT2D eigenvalue weighted by Crippen LogP contribution is -2.00. The van der Waals surface area contributed by atoms with Crippen LogP contribution in [0.25, 0.3) is 0 Å². The maximum atomic E-state index is 10.2. The lowest BCUT2D eigenvalue weighted by Gasteiger charge is -2.09. The Morgan fingerprint density at radius 3 is 2.75 bits per heavy atom. The van der Waals surface area contributed by atoms with E-state index in [0.29, 0.717) is 6.41 Å². The molecule has 2 N–H and O–H groups in total. The monoisotopic (exact) mass is 164 g/mol. The second kappa shape index (κ2) is 3.76. The molecular formula is C9H12N2O. The van der Waals surface area contributed by atoms with Gasteiger partial charge in [-0.05, 0) is 18.6 Å². The summed E-state index contributed by atoms with van der Waals surface area (Å²) < 4.78 is 0. The average molecular weight is 164 g/mol. The highest BCUT2D eigenvalue weighted by molar-refractivity contribution is 5.82. The number of anilines is 2. The summed E-state index contributed by atoms with van der Waals surface area (Å²) in [5.41, 5.74) is 2.89. The van der Waals surface area contributed by atoms with Crippen LogP contribution in [-0.2, 0) is 4.79 Å². The van der Waals surface area contributed by atoms with Crippen molar-refractivity contribution in [3.63, 3.8) is 0 Å². The number of rotatable bonds is 3. The summed E-state index contributed by atoms with van der Waals surface area (Å²) in [5, 5.41) is 5.65. The molecule has 0 aliphatic rings. The van der Waals surface area contributed by atoms with Crippen LogP contribution >= 0.6 is 0 Å². The first kappa shape index (κ1) is 8.59. The van der Waals surface area contributed by atoms with Crippen molar-refractivity contribution in [1.82, 2.24) is 0 Å². The van der Waals surface area contributed by atoms with Crippen molar-refractivity contribution in [1.29, 1.82) is 0 Å².